The number of carbonyl (C=O) groups excluding carboxylic acids is 1. The minimum atomic E-state index is -0.537. The third-order valence-corrected chi connectivity index (χ3v) is 3.34. The molecule has 0 N–H and O–H groups in total. The van der Waals surface area contributed by atoms with Gasteiger partial charge in [-0.05, 0) is 25.7 Å². The molecule has 1 saturated carbocycles. The summed E-state index contributed by atoms with van der Waals surface area (Å²) in [5.41, 5.74) is -0.537. The van der Waals surface area contributed by atoms with Gasteiger partial charge in [0.2, 0.25) is 0 Å². The van der Waals surface area contributed by atoms with Crippen LogP contribution < -0.4 is 0 Å². The van der Waals surface area contributed by atoms with Crippen LogP contribution in [0.2, 0.25) is 0 Å². The van der Waals surface area contributed by atoms with Crippen LogP contribution in [0.4, 0.5) is 0 Å². The fourth-order valence-corrected chi connectivity index (χ4v) is 2.16. The Morgan fingerprint density at radius 3 is 2.15 bits per heavy atom. The Hall–Kier alpha value is -0.370. The average Bonchev–Trinajstić information content (AvgIpc) is 2.45. The lowest BCUT2D eigenvalue weighted by atomic mass is 9.84. The number of rotatable bonds is 3. The highest BCUT2D eigenvalue weighted by molar-refractivity contribution is 5.62. The molecule has 1 unspecified atom stereocenters. The smallest absolute Gasteiger partial charge is 0.151 e. The van der Waals surface area contributed by atoms with Crippen LogP contribution in [0, 0.1) is 5.92 Å². The second kappa shape index (κ2) is 4.75. The van der Waals surface area contributed by atoms with Gasteiger partial charge in [0, 0.05) is 7.11 Å². The fourth-order valence-electron chi connectivity index (χ4n) is 2.16. The van der Waals surface area contributed by atoms with Crippen LogP contribution in [0.25, 0.3) is 0 Å². The molecule has 2 heteroatoms. The number of hydrogen-bond donors (Lipinski definition) is 0. The van der Waals surface area contributed by atoms with Gasteiger partial charge in [-0.25, -0.2) is 0 Å². The molecule has 0 aromatic carbocycles. The quantitative estimate of drug-likeness (QED) is 0.497. The van der Waals surface area contributed by atoms with Crippen molar-refractivity contribution >= 4 is 6.29 Å². The van der Waals surface area contributed by atoms with Crippen molar-refractivity contribution < 1.29 is 9.53 Å². The Morgan fingerprint density at radius 1 is 1.23 bits per heavy atom. The van der Waals surface area contributed by atoms with Gasteiger partial charge < -0.3 is 9.53 Å². The van der Waals surface area contributed by atoms with E-state index in [1.807, 2.05) is 6.92 Å². The van der Waals surface area contributed by atoms with E-state index in [1.165, 1.54) is 25.7 Å². The summed E-state index contributed by atoms with van der Waals surface area (Å²) < 4.78 is 5.31. The van der Waals surface area contributed by atoms with Gasteiger partial charge in [0.15, 0.2) is 6.29 Å². The van der Waals surface area contributed by atoms with Crippen molar-refractivity contribution in [2.45, 2.75) is 51.0 Å². The molecule has 0 amide bonds. The monoisotopic (exact) mass is 184 g/mol. The highest BCUT2D eigenvalue weighted by Crippen LogP contribution is 2.32. The predicted octanol–water partition coefficient (Wildman–Crippen LogP) is 2.56. The maximum absolute atomic E-state index is 10.9. The van der Waals surface area contributed by atoms with Crippen LogP contribution in [0.5, 0.6) is 0 Å². The lowest BCUT2D eigenvalue weighted by Crippen LogP contribution is -2.38. The maximum atomic E-state index is 10.9. The third kappa shape index (κ3) is 2.53. The number of aldehydes is 1. The molecule has 1 atom stereocenters. The van der Waals surface area contributed by atoms with Crippen LogP contribution in [-0.4, -0.2) is 19.0 Å². The first-order chi connectivity index (χ1) is 6.23. The average molecular weight is 184 g/mol. The van der Waals surface area contributed by atoms with Crippen molar-refractivity contribution in [3.8, 4) is 0 Å². The minimum Gasteiger partial charge on any atom is -0.371 e. The van der Waals surface area contributed by atoms with E-state index >= 15 is 0 Å². The van der Waals surface area contributed by atoms with Gasteiger partial charge in [0.05, 0.1) is 0 Å². The normalized spacial score (nSPS) is 24.8. The summed E-state index contributed by atoms with van der Waals surface area (Å²) in [6.07, 6.45) is 8.38. The van der Waals surface area contributed by atoms with E-state index in [0.717, 1.165) is 19.1 Å². The molecule has 2 nitrogen and oxygen atoms in total. The highest BCUT2D eigenvalue weighted by atomic mass is 16.5. The van der Waals surface area contributed by atoms with Gasteiger partial charge in [-0.1, -0.05) is 25.7 Å². The summed E-state index contributed by atoms with van der Waals surface area (Å²) in [6.45, 7) is 1.91. The number of methoxy groups -OCH3 is 1. The summed E-state index contributed by atoms with van der Waals surface area (Å²) in [4.78, 5) is 10.9. The molecule has 0 aromatic rings. The molecule has 1 rings (SSSR count). The van der Waals surface area contributed by atoms with Crippen LogP contribution in [0.3, 0.4) is 0 Å². The Labute approximate surface area is 80.7 Å². The lowest BCUT2D eigenvalue weighted by molar-refractivity contribution is -0.132. The highest BCUT2D eigenvalue weighted by Gasteiger charge is 2.33. The van der Waals surface area contributed by atoms with E-state index in [9.17, 15) is 4.79 Å². The SMILES string of the molecule is COC(C)(C=O)C1CCCCCC1. The first-order valence-electron chi connectivity index (χ1n) is 5.24. The van der Waals surface area contributed by atoms with E-state index in [0.29, 0.717) is 5.92 Å². The Bertz CT molecular complexity index is 159. The van der Waals surface area contributed by atoms with Crippen LogP contribution in [0.1, 0.15) is 45.4 Å². The van der Waals surface area contributed by atoms with Gasteiger partial charge in [-0.3, -0.25) is 0 Å². The number of ether oxygens (including phenoxy) is 1. The van der Waals surface area contributed by atoms with E-state index in [4.69, 9.17) is 4.74 Å². The molecule has 0 radical (unpaired) electrons. The van der Waals surface area contributed by atoms with Crippen molar-refractivity contribution in [1.29, 1.82) is 0 Å². The van der Waals surface area contributed by atoms with Gasteiger partial charge in [-0.2, -0.15) is 0 Å². The van der Waals surface area contributed by atoms with E-state index in [-0.39, 0.29) is 0 Å². The molecule has 1 fully saturated rings. The van der Waals surface area contributed by atoms with Crippen molar-refractivity contribution in [3.05, 3.63) is 0 Å². The van der Waals surface area contributed by atoms with E-state index in [2.05, 4.69) is 0 Å². The predicted molar refractivity (Wildman–Crippen MR) is 52.7 cm³/mol. The molecule has 0 aliphatic heterocycles. The van der Waals surface area contributed by atoms with Crippen LogP contribution in [-0.2, 0) is 9.53 Å². The van der Waals surface area contributed by atoms with E-state index < -0.39 is 5.60 Å². The molecule has 0 heterocycles. The van der Waals surface area contributed by atoms with E-state index in [1.54, 1.807) is 7.11 Å². The van der Waals surface area contributed by atoms with Crippen molar-refractivity contribution in [2.75, 3.05) is 7.11 Å². The molecular formula is C11H20O2. The summed E-state index contributed by atoms with van der Waals surface area (Å²) in [7, 11) is 1.64. The zero-order valence-corrected chi connectivity index (χ0v) is 8.71. The zero-order chi connectivity index (χ0) is 9.73. The molecule has 13 heavy (non-hydrogen) atoms. The first-order valence-corrected chi connectivity index (χ1v) is 5.24. The third-order valence-electron chi connectivity index (χ3n) is 3.34. The van der Waals surface area contributed by atoms with Gasteiger partial charge >= 0.3 is 0 Å². The molecule has 1 aliphatic rings. The first kappa shape index (κ1) is 10.7. The largest absolute Gasteiger partial charge is 0.371 e. The number of hydrogen-bond acceptors (Lipinski definition) is 2. The summed E-state index contributed by atoms with van der Waals surface area (Å²) >= 11 is 0. The van der Waals surface area contributed by atoms with Crippen molar-refractivity contribution in [3.63, 3.8) is 0 Å². The standard InChI is InChI=1S/C11H20O2/c1-11(9-12,13-2)10-7-5-3-4-6-8-10/h9-10H,3-8H2,1-2H3. The van der Waals surface area contributed by atoms with Crippen molar-refractivity contribution in [2.24, 2.45) is 5.92 Å². The zero-order valence-electron chi connectivity index (χ0n) is 8.71. The molecule has 0 saturated heterocycles. The second-order valence-electron chi connectivity index (χ2n) is 4.19. The summed E-state index contributed by atoms with van der Waals surface area (Å²) in [6, 6.07) is 0. The fraction of sp³-hybridized carbons (Fsp3) is 0.909. The summed E-state index contributed by atoms with van der Waals surface area (Å²) in [5.74, 6) is 0.428. The van der Waals surface area contributed by atoms with Gasteiger partial charge in [-0.15, -0.1) is 0 Å². The van der Waals surface area contributed by atoms with Gasteiger partial charge in [0.1, 0.15) is 5.60 Å². The molecule has 0 aromatic heterocycles. The number of carbonyl (C=O) groups is 1. The van der Waals surface area contributed by atoms with Gasteiger partial charge in [0.25, 0.3) is 0 Å². The molecule has 1 aliphatic carbocycles. The topological polar surface area (TPSA) is 26.3 Å². The molecule has 76 valence electrons. The van der Waals surface area contributed by atoms with Crippen molar-refractivity contribution in [1.82, 2.24) is 0 Å². The maximum Gasteiger partial charge on any atom is 0.151 e. The minimum absolute atomic E-state index is 0.428. The Morgan fingerprint density at radius 2 is 1.77 bits per heavy atom. The second-order valence-corrected chi connectivity index (χ2v) is 4.19. The molecule has 0 bridgehead atoms. The van der Waals surface area contributed by atoms with Crippen LogP contribution in [0.15, 0.2) is 0 Å². The van der Waals surface area contributed by atoms with Crippen LogP contribution >= 0.6 is 0 Å². The molecular weight excluding hydrogens is 164 g/mol. The Balaban J connectivity index is 2.60. The molecule has 0 spiro atoms. The lowest BCUT2D eigenvalue weighted by Gasteiger charge is -2.30. The summed E-state index contributed by atoms with van der Waals surface area (Å²) in [5, 5.41) is 0. The Kier molecular flexibility index (Phi) is 3.91.